The Bertz CT molecular complexity index is 469. The molecule has 5 heteroatoms. The van der Waals surface area contributed by atoms with Crippen LogP contribution in [-0.4, -0.2) is 36.0 Å². The Morgan fingerprint density at radius 2 is 1.86 bits per heavy atom. The second kappa shape index (κ2) is 8.29. The van der Waals surface area contributed by atoms with Crippen molar-refractivity contribution in [1.29, 1.82) is 0 Å². The Kier molecular flexibility index (Phi) is 6.72. The van der Waals surface area contributed by atoms with Gasteiger partial charge in [-0.2, -0.15) is 0 Å². The molecule has 5 nitrogen and oxygen atoms in total. The number of carbonyl (C=O) groups is 2. The van der Waals surface area contributed by atoms with Gasteiger partial charge >= 0.3 is 5.97 Å². The van der Waals surface area contributed by atoms with E-state index in [0.717, 1.165) is 5.56 Å². The van der Waals surface area contributed by atoms with E-state index in [2.05, 4.69) is 0 Å². The van der Waals surface area contributed by atoms with Crippen LogP contribution in [0.1, 0.15) is 32.8 Å². The number of anilines is 1. The topological polar surface area (TPSA) is 72.6 Å². The Labute approximate surface area is 126 Å². The number of ether oxygens (including phenoxy) is 1. The van der Waals surface area contributed by atoms with Gasteiger partial charge in [-0.1, -0.05) is 12.1 Å². The minimum atomic E-state index is -0.368. The predicted octanol–water partition coefficient (Wildman–Crippen LogP) is 2.00. The molecule has 0 aliphatic rings. The highest BCUT2D eigenvalue weighted by Gasteiger charge is 2.20. The van der Waals surface area contributed by atoms with Crippen LogP contribution in [0.15, 0.2) is 24.3 Å². The molecular formula is C16H24N2O3. The summed E-state index contributed by atoms with van der Waals surface area (Å²) in [5.41, 5.74) is 7.39. The first-order valence-corrected chi connectivity index (χ1v) is 7.23. The Balaban J connectivity index is 2.56. The molecule has 0 aliphatic carbocycles. The van der Waals surface area contributed by atoms with Gasteiger partial charge in [0.2, 0.25) is 5.91 Å². The highest BCUT2D eigenvalue weighted by atomic mass is 16.5. The number of nitrogens with two attached hydrogens (primary N) is 1. The van der Waals surface area contributed by atoms with E-state index in [0.29, 0.717) is 25.1 Å². The smallest absolute Gasteiger partial charge is 0.325 e. The molecule has 116 valence electrons. The van der Waals surface area contributed by atoms with Gasteiger partial charge in [-0.25, -0.2) is 0 Å². The third kappa shape index (κ3) is 5.85. The number of rotatable bonds is 7. The molecule has 0 heterocycles. The number of nitrogen functional groups attached to an aromatic ring is 1. The largest absolute Gasteiger partial charge is 0.465 e. The number of benzene rings is 1. The van der Waals surface area contributed by atoms with Crippen LogP contribution in [-0.2, 0) is 20.7 Å². The van der Waals surface area contributed by atoms with Gasteiger partial charge in [0.1, 0.15) is 6.54 Å². The molecule has 0 atom stereocenters. The Morgan fingerprint density at radius 1 is 1.24 bits per heavy atom. The van der Waals surface area contributed by atoms with Crippen molar-refractivity contribution in [3.05, 3.63) is 29.8 Å². The zero-order valence-electron chi connectivity index (χ0n) is 13.0. The quantitative estimate of drug-likeness (QED) is 0.616. The SMILES string of the molecule is CCOC(=O)CN(C(=O)CCc1ccc(N)cc1)C(C)C. The lowest BCUT2D eigenvalue weighted by atomic mass is 10.1. The fourth-order valence-electron chi connectivity index (χ4n) is 1.98. The van der Waals surface area contributed by atoms with Gasteiger partial charge < -0.3 is 15.4 Å². The van der Waals surface area contributed by atoms with E-state index >= 15 is 0 Å². The van der Waals surface area contributed by atoms with E-state index in [9.17, 15) is 9.59 Å². The normalized spacial score (nSPS) is 10.5. The molecule has 0 fully saturated rings. The minimum absolute atomic E-state index is 0.00603. The zero-order chi connectivity index (χ0) is 15.8. The van der Waals surface area contributed by atoms with Gasteiger partial charge in [0.05, 0.1) is 6.61 Å². The Morgan fingerprint density at radius 3 is 2.38 bits per heavy atom. The van der Waals surface area contributed by atoms with Crippen molar-refractivity contribution < 1.29 is 14.3 Å². The zero-order valence-corrected chi connectivity index (χ0v) is 13.0. The van der Waals surface area contributed by atoms with Crippen LogP contribution in [0.25, 0.3) is 0 Å². The lowest BCUT2D eigenvalue weighted by Crippen LogP contribution is -2.41. The summed E-state index contributed by atoms with van der Waals surface area (Å²) in [5.74, 6) is -0.415. The van der Waals surface area contributed by atoms with Crippen LogP contribution in [0.3, 0.4) is 0 Å². The average Bonchev–Trinajstić information content (AvgIpc) is 2.44. The summed E-state index contributed by atoms with van der Waals surface area (Å²) < 4.78 is 4.90. The number of hydrogen-bond acceptors (Lipinski definition) is 4. The van der Waals surface area contributed by atoms with Crippen LogP contribution in [0.4, 0.5) is 5.69 Å². The molecule has 1 aromatic carbocycles. The average molecular weight is 292 g/mol. The molecule has 0 saturated carbocycles. The van der Waals surface area contributed by atoms with E-state index in [4.69, 9.17) is 10.5 Å². The first kappa shape index (κ1) is 17.0. The molecule has 0 spiro atoms. The highest BCUT2D eigenvalue weighted by Crippen LogP contribution is 2.10. The molecule has 0 bridgehead atoms. The van der Waals surface area contributed by atoms with Gasteiger partial charge in [-0.3, -0.25) is 9.59 Å². The summed E-state index contributed by atoms with van der Waals surface area (Å²) in [7, 11) is 0. The summed E-state index contributed by atoms with van der Waals surface area (Å²) in [6, 6.07) is 7.42. The van der Waals surface area contributed by atoms with E-state index in [1.54, 1.807) is 11.8 Å². The third-order valence-electron chi connectivity index (χ3n) is 3.16. The van der Waals surface area contributed by atoms with Crippen LogP contribution >= 0.6 is 0 Å². The second-order valence-electron chi connectivity index (χ2n) is 5.16. The summed E-state index contributed by atoms with van der Waals surface area (Å²) >= 11 is 0. The molecule has 0 radical (unpaired) electrons. The summed E-state index contributed by atoms with van der Waals surface area (Å²) in [4.78, 5) is 25.4. The van der Waals surface area contributed by atoms with Crippen molar-refractivity contribution in [2.75, 3.05) is 18.9 Å². The lowest BCUT2D eigenvalue weighted by molar-refractivity contribution is -0.150. The maximum absolute atomic E-state index is 12.3. The summed E-state index contributed by atoms with van der Waals surface area (Å²) in [6.07, 6.45) is 0.993. The fourth-order valence-corrected chi connectivity index (χ4v) is 1.98. The molecule has 0 aliphatic heterocycles. The minimum Gasteiger partial charge on any atom is -0.465 e. The van der Waals surface area contributed by atoms with Crippen molar-refractivity contribution in [2.24, 2.45) is 0 Å². The van der Waals surface area contributed by atoms with Crippen molar-refractivity contribution >= 4 is 17.6 Å². The molecule has 1 amide bonds. The van der Waals surface area contributed by atoms with E-state index in [1.165, 1.54) is 0 Å². The number of nitrogens with zero attached hydrogens (tertiary/aromatic N) is 1. The van der Waals surface area contributed by atoms with Gasteiger partial charge in [0, 0.05) is 18.2 Å². The Hall–Kier alpha value is -2.04. The summed E-state index contributed by atoms with van der Waals surface area (Å²) in [6.45, 7) is 5.86. The maximum atomic E-state index is 12.3. The number of carbonyl (C=O) groups excluding carboxylic acids is 2. The van der Waals surface area contributed by atoms with Gasteiger partial charge in [-0.15, -0.1) is 0 Å². The van der Waals surface area contributed by atoms with E-state index in [1.807, 2.05) is 38.1 Å². The molecule has 1 aromatic rings. The number of aryl methyl sites for hydroxylation is 1. The molecule has 21 heavy (non-hydrogen) atoms. The number of amides is 1. The monoisotopic (exact) mass is 292 g/mol. The van der Waals surface area contributed by atoms with E-state index < -0.39 is 0 Å². The van der Waals surface area contributed by atoms with Crippen molar-refractivity contribution in [3.63, 3.8) is 0 Å². The fraction of sp³-hybridized carbons (Fsp3) is 0.500. The first-order valence-electron chi connectivity index (χ1n) is 7.23. The maximum Gasteiger partial charge on any atom is 0.325 e. The number of hydrogen-bond donors (Lipinski definition) is 1. The summed E-state index contributed by atoms with van der Waals surface area (Å²) in [5, 5.41) is 0. The molecule has 2 N–H and O–H groups in total. The van der Waals surface area contributed by atoms with Crippen LogP contribution in [0.5, 0.6) is 0 Å². The van der Waals surface area contributed by atoms with Gasteiger partial charge in [0.15, 0.2) is 0 Å². The standard InChI is InChI=1S/C16H24N2O3/c1-4-21-16(20)11-18(12(2)3)15(19)10-7-13-5-8-14(17)9-6-13/h5-6,8-9,12H,4,7,10-11,17H2,1-3H3. The van der Waals surface area contributed by atoms with Crippen LogP contribution < -0.4 is 5.73 Å². The number of esters is 1. The highest BCUT2D eigenvalue weighted by molar-refractivity contribution is 5.82. The molecule has 1 rings (SSSR count). The molecular weight excluding hydrogens is 268 g/mol. The molecule has 0 unspecified atom stereocenters. The van der Waals surface area contributed by atoms with Crippen molar-refractivity contribution in [1.82, 2.24) is 4.90 Å². The predicted molar refractivity (Wildman–Crippen MR) is 82.7 cm³/mol. The van der Waals surface area contributed by atoms with E-state index in [-0.39, 0.29) is 24.5 Å². The van der Waals surface area contributed by atoms with Crippen LogP contribution in [0.2, 0.25) is 0 Å². The van der Waals surface area contributed by atoms with Gasteiger partial charge in [-0.05, 0) is 44.9 Å². The molecule has 0 saturated heterocycles. The first-order chi connectivity index (χ1) is 9.93. The van der Waals surface area contributed by atoms with Gasteiger partial charge in [0.25, 0.3) is 0 Å². The van der Waals surface area contributed by atoms with Crippen molar-refractivity contribution in [3.8, 4) is 0 Å². The third-order valence-corrected chi connectivity index (χ3v) is 3.16. The van der Waals surface area contributed by atoms with Crippen LogP contribution in [0, 0.1) is 0 Å². The molecule has 0 aromatic heterocycles. The lowest BCUT2D eigenvalue weighted by Gasteiger charge is -2.25. The second-order valence-corrected chi connectivity index (χ2v) is 5.16. The van der Waals surface area contributed by atoms with Crippen molar-refractivity contribution in [2.45, 2.75) is 39.7 Å².